The highest BCUT2D eigenvalue weighted by molar-refractivity contribution is 5.67. The number of hydrogen-bond acceptors (Lipinski definition) is 1. The molecule has 24 heavy (non-hydrogen) atoms. The molecular weight excluding hydrogens is 292 g/mol. The molecular formula is C23H24O. The van der Waals surface area contributed by atoms with Gasteiger partial charge in [0.1, 0.15) is 11.5 Å². The molecule has 0 N–H and O–H groups in total. The molecule has 1 heterocycles. The summed E-state index contributed by atoms with van der Waals surface area (Å²) in [6, 6.07) is 23.6. The van der Waals surface area contributed by atoms with Crippen LogP contribution in [0.15, 0.2) is 71.1 Å². The molecule has 1 heteroatoms. The third kappa shape index (κ3) is 3.31. The van der Waals surface area contributed by atoms with Crippen molar-refractivity contribution in [3.8, 4) is 11.1 Å². The molecule has 0 bridgehead atoms. The van der Waals surface area contributed by atoms with Crippen molar-refractivity contribution in [2.24, 2.45) is 0 Å². The molecule has 122 valence electrons. The first kappa shape index (κ1) is 15.3. The van der Waals surface area contributed by atoms with E-state index in [1.807, 2.05) is 0 Å². The molecule has 1 aromatic heterocycles. The van der Waals surface area contributed by atoms with Gasteiger partial charge in [-0.1, -0.05) is 79.9 Å². The largest absolute Gasteiger partial charge is 0.465 e. The van der Waals surface area contributed by atoms with Crippen molar-refractivity contribution in [1.82, 2.24) is 0 Å². The lowest BCUT2D eigenvalue weighted by molar-refractivity contribution is 0.365. The van der Waals surface area contributed by atoms with E-state index >= 15 is 0 Å². The van der Waals surface area contributed by atoms with Gasteiger partial charge in [0.05, 0.1) is 0 Å². The van der Waals surface area contributed by atoms with Crippen LogP contribution in [0.1, 0.15) is 55.1 Å². The SMILES string of the molecule is c1ccc(Cc2cc(-c3ccccc3)c(C3CCCCC3)o2)cc1. The maximum Gasteiger partial charge on any atom is 0.115 e. The molecule has 0 radical (unpaired) electrons. The van der Waals surface area contributed by atoms with Crippen molar-refractivity contribution in [1.29, 1.82) is 0 Å². The van der Waals surface area contributed by atoms with Gasteiger partial charge in [0.2, 0.25) is 0 Å². The second-order valence-corrected chi connectivity index (χ2v) is 6.85. The van der Waals surface area contributed by atoms with Crippen molar-refractivity contribution in [2.75, 3.05) is 0 Å². The van der Waals surface area contributed by atoms with Gasteiger partial charge in [-0.25, -0.2) is 0 Å². The molecule has 2 aromatic carbocycles. The second-order valence-electron chi connectivity index (χ2n) is 6.85. The van der Waals surface area contributed by atoms with Crippen LogP contribution in [0.3, 0.4) is 0 Å². The van der Waals surface area contributed by atoms with Gasteiger partial charge in [0.15, 0.2) is 0 Å². The van der Waals surface area contributed by atoms with E-state index in [-0.39, 0.29) is 0 Å². The van der Waals surface area contributed by atoms with E-state index in [4.69, 9.17) is 4.42 Å². The third-order valence-corrected chi connectivity index (χ3v) is 5.09. The fourth-order valence-electron chi connectivity index (χ4n) is 3.85. The van der Waals surface area contributed by atoms with Gasteiger partial charge in [-0.3, -0.25) is 0 Å². The first-order valence-corrected chi connectivity index (χ1v) is 9.12. The van der Waals surface area contributed by atoms with E-state index in [1.165, 1.54) is 54.6 Å². The van der Waals surface area contributed by atoms with Gasteiger partial charge >= 0.3 is 0 Å². The average Bonchev–Trinajstić information content (AvgIpc) is 3.08. The third-order valence-electron chi connectivity index (χ3n) is 5.09. The zero-order valence-electron chi connectivity index (χ0n) is 14.1. The normalized spacial score (nSPS) is 15.5. The van der Waals surface area contributed by atoms with Crippen LogP contribution < -0.4 is 0 Å². The molecule has 0 amide bonds. The Morgan fingerprint density at radius 3 is 2.17 bits per heavy atom. The molecule has 0 spiro atoms. The minimum atomic E-state index is 0.582. The number of hydrogen-bond donors (Lipinski definition) is 0. The molecule has 1 fully saturated rings. The van der Waals surface area contributed by atoms with Crippen molar-refractivity contribution >= 4 is 0 Å². The Bertz CT molecular complexity index is 764. The van der Waals surface area contributed by atoms with E-state index in [0.717, 1.165) is 12.2 Å². The van der Waals surface area contributed by atoms with Crippen LogP contribution in [0.2, 0.25) is 0 Å². The highest BCUT2D eigenvalue weighted by atomic mass is 16.3. The molecule has 0 unspecified atom stereocenters. The zero-order valence-corrected chi connectivity index (χ0v) is 14.1. The highest BCUT2D eigenvalue weighted by Gasteiger charge is 2.23. The van der Waals surface area contributed by atoms with Gasteiger partial charge in [-0.2, -0.15) is 0 Å². The summed E-state index contributed by atoms with van der Waals surface area (Å²) in [5, 5.41) is 0. The van der Waals surface area contributed by atoms with Crippen LogP contribution in [-0.2, 0) is 6.42 Å². The Balaban J connectivity index is 1.70. The van der Waals surface area contributed by atoms with E-state index in [1.54, 1.807) is 0 Å². The maximum atomic E-state index is 6.41. The van der Waals surface area contributed by atoms with Crippen LogP contribution in [0, 0.1) is 0 Å². The minimum Gasteiger partial charge on any atom is -0.465 e. The first-order chi connectivity index (χ1) is 11.9. The van der Waals surface area contributed by atoms with Crippen molar-refractivity contribution in [3.05, 3.63) is 83.8 Å². The summed E-state index contributed by atoms with van der Waals surface area (Å²) < 4.78 is 6.41. The molecule has 3 aromatic rings. The van der Waals surface area contributed by atoms with Crippen LogP contribution in [-0.4, -0.2) is 0 Å². The molecule has 1 aliphatic carbocycles. The number of benzene rings is 2. The summed E-state index contributed by atoms with van der Waals surface area (Å²) >= 11 is 0. The molecule has 1 aliphatic rings. The van der Waals surface area contributed by atoms with Crippen LogP contribution in [0.4, 0.5) is 0 Å². The van der Waals surface area contributed by atoms with Crippen LogP contribution >= 0.6 is 0 Å². The molecule has 4 rings (SSSR count). The Labute approximate surface area is 144 Å². The highest BCUT2D eigenvalue weighted by Crippen LogP contribution is 2.40. The summed E-state index contributed by atoms with van der Waals surface area (Å²) in [6.45, 7) is 0. The second kappa shape index (κ2) is 7.09. The maximum absolute atomic E-state index is 6.41. The summed E-state index contributed by atoms with van der Waals surface area (Å²) in [5.74, 6) is 2.88. The van der Waals surface area contributed by atoms with E-state index in [2.05, 4.69) is 66.7 Å². The van der Waals surface area contributed by atoms with Gasteiger partial charge in [0, 0.05) is 17.9 Å². The van der Waals surface area contributed by atoms with E-state index < -0.39 is 0 Å². The standard InChI is InChI=1S/C23H24O/c1-4-10-18(11-5-1)16-21-17-22(19-12-6-2-7-13-19)23(24-21)20-14-8-3-9-15-20/h1-2,4-7,10-13,17,20H,3,8-9,14-16H2. The Hall–Kier alpha value is -2.28. The lowest BCUT2D eigenvalue weighted by atomic mass is 9.85. The smallest absolute Gasteiger partial charge is 0.115 e. The molecule has 1 saturated carbocycles. The fraction of sp³-hybridized carbons (Fsp3) is 0.304. The zero-order chi connectivity index (χ0) is 16.2. The topological polar surface area (TPSA) is 13.1 Å². The molecule has 0 saturated heterocycles. The van der Waals surface area contributed by atoms with Gasteiger partial charge in [-0.05, 0) is 30.0 Å². The van der Waals surface area contributed by atoms with Crippen molar-refractivity contribution < 1.29 is 4.42 Å². The lowest BCUT2D eigenvalue weighted by Crippen LogP contribution is -2.04. The van der Waals surface area contributed by atoms with Gasteiger partial charge < -0.3 is 4.42 Å². The Morgan fingerprint density at radius 1 is 0.792 bits per heavy atom. The summed E-state index contributed by atoms with van der Waals surface area (Å²) in [6.07, 6.45) is 7.42. The molecule has 0 aliphatic heterocycles. The van der Waals surface area contributed by atoms with Crippen molar-refractivity contribution in [2.45, 2.75) is 44.4 Å². The predicted octanol–water partition coefficient (Wildman–Crippen LogP) is 6.59. The van der Waals surface area contributed by atoms with E-state index in [0.29, 0.717) is 5.92 Å². The van der Waals surface area contributed by atoms with Crippen molar-refractivity contribution in [3.63, 3.8) is 0 Å². The number of rotatable bonds is 4. The number of furan rings is 1. The first-order valence-electron chi connectivity index (χ1n) is 9.12. The average molecular weight is 316 g/mol. The van der Waals surface area contributed by atoms with Gasteiger partial charge in [-0.15, -0.1) is 0 Å². The van der Waals surface area contributed by atoms with E-state index in [9.17, 15) is 0 Å². The molecule has 1 nitrogen and oxygen atoms in total. The Kier molecular flexibility index (Phi) is 4.51. The molecule has 0 atom stereocenters. The quantitative estimate of drug-likeness (QED) is 0.529. The summed E-state index contributed by atoms with van der Waals surface area (Å²) in [7, 11) is 0. The Morgan fingerprint density at radius 2 is 1.46 bits per heavy atom. The summed E-state index contributed by atoms with van der Waals surface area (Å²) in [4.78, 5) is 0. The van der Waals surface area contributed by atoms with Gasteiger partial charge in [0.25, 0.3) is 0 Å². The minimum absolute atomic E-state index is 0.582. The summed E-state index contributed by atoms with van der Waals surface area (Å²) in [5.41, 5.74) is 3.88. The van der Waals surface area contributed by atoms with Crippen LogP contribution in [0.5, 0.6) is 0 Å². The fourth-order valence-corrected chi connectivity index (χ4v) is 3.85. The monoisotopic (exact) mass is 316 g/mol. The lowest BCUT2D eigenvalue weighted by Gasteiger charge is -2.20. The van der Waals surface area contributed by atoms with Crippen LogP contribution in [0.25, 0.3) is 11.1 Å². The predicted molar refractivity (Wildman–Crippen MR) is 99.2 cm³/mol.